The Morgan fingerprint density at radius 1 is 1.42 bits per heavy atom. The lowest BCUT2D eigenvalue weighted by molar-refractivity contribution is 0.252. The van der Waals surface area contributed by atoms with Gasteiger partial charge in [0.2, 0.25) is 0 Å². The van der Waals surface area contributed by atoms with Crippen LogP contribution in [0, 0.1) is 5.82 Å². The van der Waals surface area contributed by atoms with Crippen molar-refractivity contribution in [2.45, 2.75) is 26.6 Å². The second-order valence-corrected chi connectivity index (χ2v) is 7.18. The molecule has 0 amide bonds. The first-order chi connectivity index (χ1) is 11.5. The van der Waals surface area contributed by atoms with Gasteiger partial charge in [-0.3, -0.25) is 14.3 Å². The fourth-order valence-corrected chi connectivity index (χ4v) is 3.70. The Morgan fingerprint density at radius 2 is 2.21 bits per heavy atom. The van der Waals surface area contributed by atoms with Crippen LogP contribution in [-0.4, -0.2) is 21.5 Å². The van der Waals surface area contributed by atoms with Gasteiger partial charge in [0.1, 0.15) is 17.0 Å². The van der Waals surface area contributed by atoms with Crippen molar-refractivity contribution in [2.75, 3.05) is 7.05 Å². The van der Waals surface area contributed by atoms with E-state index in [1.54, 1.807) is 29.8 Å². The Bertz CT molecular complexity index is 917. The summed E-state index contributed by atoms with van der Waals surface area (Å²) in [6, 6.07) is 6.52. The molecule has 0 aliphatic heterocycles. The van der Waals surface area contributed by atoms with Crippen LogP contribution in [0.25, 0.3) is 10.2 Å². The van der Waals surface area contributed by atoms with E-state index in [0.717, 1.165) is 16.1 Å². The predicted molar refractivity (Wildman–Crippen MR) is 96.1 cm³/mol. The third-order valence-corrected chi connectivity index (χ3v) is 5.34. The molecule has 0 fully saturated rings. The van der Waals surface area contributed by atoms with Crippen molar-refractivity contribution < 1.29 is 4.39 Å². The zero-order valence-corrected chi connectivity index (χ0v) is 15.0. The maximum atomic E-state index is 13.9. The van der Waals surface area contributed by atoms with Gasteiger partial charge in [0.05, 0.1) is 12.1 Å². The lowest BCUT2D eigenvalue weighted by Crippen LogP contribution is -2.29. The largest absolute Gasteiger partial charge is 0.285 e. The van der Waals surface area contributed by atoms with E-state index < -0.39 is 0 Å². The predicted octanol–water partition coefficient (Wildman–Crippen LogP) is 3.90. The average Bonchev–Trinajstić information content (AvgIpc) is 2.98. The molecule has 126 valence electrons. The zero-order valence-electron chi connectivity index (χ0n) is 13.4. The van der Waals surface area contributed by atoms with Crippen LogP contribution in [0.1, 0.15) is 17.4 Å². The molecule has 0 bridgehead atoms. The Hall–Kier alpha value is -1.76. The molecule has 24 heavy (non-hydrogen) atoms. The van der Waals surface area contributed by atoms with Crippen molar-refractivity contribution in [1.82, 2.24) is 14.5 Å². The molecule has 1 aromatic carbocycles. The van der Waals surface area contributed by atoms with Crippen molar-refractivity contribution in [3.63, 3.8) is 0 Å². The highest BCUT2D eigenvalue weighted by Crippen LogP contribution is 2.22. The van der Waals surface area contributed by atoms with E-state index in [0.29, 0.717) is 29.2 Å². The minimum Gasteiger partial charge on any atom is -0.285 e. The fraction of sp³-hybridized carbons (Fsp3) is 0.294. The summed E-state index contributed by atoms with van der Waals surface area (Å²) in [4.78, 5) is 20.7. The Kier molecular flexibility index (Phi) is 4.99. The Labute approximate surface area is 148 Å². The Morgan fingerprint density at radius 3 is 2.92 bits per heavy atom. The smallest absolute Gasteiger partial charge is 0.263 e. The van der Waals surface area contributed by atoms with E-state index in [-0.39, 0.29) is 11.4 Å². The molecule has 4 nitrogen and oxygen atoms in total. The summed E-state index contributed by atoms with van der Waals surface area (Å²) in [5.41, 5.74) is 0.343. The maximum absolute atomic E-state index is 13.9. The number of thiophene rings is 1. The van der Waals surface area contributed by atoms with E-state index in [1.807, 2.05) is 18.0 Å². The minimum absolute atomic E-state index is 0.0811. The highest BCUT2D eigenvalue weighted by molar-refractivity contribution is 7.18. The summed E-state index contributed by atoms with van der Waals surface area (Å²) < 4.78 is 15.4. The summed E-state index contributed by atoms with van der Waals surface area (Å²) in [6.45, 7) is 2.67. The highest BCUT2D eigenvalue weighted by atomic mass is 35.5. The maximum Gasteiger partial charge on any atom is 0.263 e. The molecule has 2 heterocycles. The number of hydrogen-bond donors (Lipinski definition) is 0. The molecule has 0 N–H and O–H groups in total. The van der Waals surface area contributed by atoms with Crippen molar-refractivity contribution in [3.8, 4) is 0 Å². The van der Waals surface area contributed by atoms with Crippen molar-refractivity contribution in [2.24, 2.45) is 0 Å². The fourth-order valence-electron chi connectivity index (χ4n) is 2.55. The molecule has 0 aliphatic rings. The molecule has 0 unspecified atom stereocenters. The molecule has 2 aromatic heterocycles. The van der Waals surface area contributed by atoms with Crippen LogP contribution in [-0.2, 0) is 19.6 Å². The van der Waals surface area contributed by atoms with Crippen LogP contribution < -0.4 is 5.56 Å². The molecule has 0 saturated heterocycles. The van der Waals surface area contributed by atoms with Crippen LogP contribution in [0.5, 0.6) is 0 Å². The number of aryl methyl sites for hydroxylation is 1. The summed E-state index contributed by atoms with van der Waals surface area (Å²) >= 11 is 7.60. The molecule has 3 aromatic rings. The van der Waals surface area contributed by atoms with Crippen LogP contribution >= 0.6 is 22.9 Å². The monoisotopic (exact) mass is 365 g/mol. The van der Waals surface area contributed by atoms with Gasteiger partial charge in [0, 0.05) is 22.0 Å². The average molecular weight is 366 g/mol. The van der Waals surface area contributed by atoms with Crippen molar-refractivity contribution in [3.05, 3.63) is 62.2 Å². The highest BCUT2D eigenvalue weighted by Gasteiger charge is 2.12. The number of aromatic nitrogens is 2. The summed E-state index contributed by atoms with van der Waals surface area (Å²) in [6.07, 6.45) is 2.42. The molecule has 0 aliphatic carbocycles. The van der Waals surface area contributed by atoms with Crippen LogP contribution in [0.4, 0.5) is 4.39 Å². The normalized spacial score (nSPS) is 11.5. The van der Waals surface area contributed by atoms with E-state index in [9.17, 15) is 9.18 Å². The van der Waals surface area contributed by atoms with E-state index in [2.05, 4.69) is 11.9 Å². The van der Waals surface area contributed by atoms with Gasteiger partial charge in [-0.15, -0.1) is 11.3 Å². The van der Waals surface area contributed by atoms with Gasteiger partial charge in [-0.05, 0) is 31.7 Å². The summed E-state index contributed by atoms with van der Waals surface area (Å²) in [5.74, 6) is -0.347. The van der Waals surface area contributed by atoms with Gasteiger partial charge in [-0.1, -0.05) is 24.6 Å². The Balaban J connectivity index is 1.84. The first-order valence-electron chi connectivity index (χ1n) is 7.59. The van der Waals surface area contributed by atoms with Crippen molar-refractivity contribution >= 4 is 33.2 Å². The van der Waals surface area contributed by atoms with Crippen LogP contribution in [0.15, 0.2) is 35.4 Å². The molecule has 3 rings (SSSR count). The second kappa shape index (κ2) is 7.01. The zero-order chi connectivity index (χ0) is 17.3. The van der Waals surface area contributed by atoms with Gasteiger partial charge >= 0.3 is 0 Å². The third kappa shape index (κ3) is 3.36. The second-order valence-electron chi connectivity index (χ2n) is 5.66. The first kappa shape index (κ1) is 17.1. The van der Waals surface area contributed by atoms with Gasteiger partial charge < -0.3 is 0 Å². The summed E-state index contributed by atoms with van der Waals surface area (Å²) in [5, 5.41) is 1.02. The number of rotatable bonds is 5. The molecular weight excluding hydrogens is 349 g/mol. The van der Waals surface area contributed by atoms with Gasteiger partial charge in [0.15, 0.2) is 0 Å². The lowest BCUT2D eigenvalue weighted by atomic mass is 10.2. The number of hydrogen-bond acceptors (Lipinski definition) is 4. The lowest BCUT2D eigenvalue weighted by Gasteiger charge is -2.19. The third-order valence-electron chi connectivity index (χ3n) is 3.80. The van der Waals surface area contributed by atoms with Gasteiger partial charge in [0.25, 0.3) is 5.56 Å². The molecule has 0 radical (unpaired) electrons. The molecule has 0 atom stereocenters. The van der Waals surface area contributed by atoms with E-state index in [1.165, 1.54) is 10.6 Å². The SMILES string of the molecule is CCc1cc2c(=O)n(CN(C)Cc3c(F)cccc3Cl)cnc2s1. The first-order valence-corrected chi connectivity index (χ1v) is 8.78. The van der Waals surface area contributed by atoms with E-state index in [4.69, 9.17) is 11.6 Å². The quantitative estimate of drug-likeness (QED) is 0.688. The molecule has 7 heteroatoms. The number of nitrogens with zero attached hydrogens (tertiary/aromatic N) is 3. The van der Waals surface area contributed by atoms with Crippen LogP contribution in [0.2, 0.25) is 5.02 Å². The topological polar surface area (TPSA) is 38.1 Å². The van der Waals surface area contributed by atoms with Gasteiger partial charge in [-0.25, -0.2) is 9.37 Å². The van der Waals surface area contributed by atoms with Crippen LogP contribution in [0.3, 0.4) is 0 Å². The standard InChI is InChI=1S/C17H17ClFN3OS/c1-3-11-7-12-16(24-11)20-9-22(17(12)23)10-21(2)8-13-14(18)5-4-6-15(13)19/h4-7,9H,3,8,10H2,1-2H3. The van der Waals surface area contributed by atoms with E-state index >= 15 is 0 Å². The molecule has 0 spiro atoms. The number of fused-ring (bicyclic) bond motifs is 1. The van der Waals surface area contributed by atoms with Crippen molar-refractivity contribution in [1.29, 1.82) is 0 Å². The number of benzene rings is 1. The molecule has 0 saturated carbocycles. The minimum atomic E-state index is -0.347. The molecular formula is C17H17ClFN3OS. The van der Waals surface area contributed by atoms with Gasteiger partial charge in [-0.2, -0.15) is 0 Å². The number of halogens is 2. The summed E-state index contributed by atoms with van der Waals surface area (Å²) in [7, 11) is 1.81.